The summed E-state index contributed by atoms with van der Waals surface area (Å²) in [6.07, 6.45) is 1.10. The number of rotatable bonds is 7. The Hall–Kier alpha value is -2.72. The van der Waals surface area contributed by atoms with Gasteiger partial charge in [0, 0.05) is 7.05 Å². The second-order valence-electron chi connectivity index (χ2n) is 7.21. The van der Waals surface area contributed by atoms with Gasteiger partial charge in [-0.05, 0) is 49.4 Å². The average molecular weight is 449 g/mol. The Morgan fingerprint density at radius 1 is 1.27 bits per heavy atom. The summed E-state index contributed by atoms with van der Waals surface area (Å²) in [5.41, 5.74) is 2.17. The van der Waals surface area contributed by atoms with Gasteiger partial charge in [-0.3, -0.25) is 9.10 Å². The predicted molar refractivity (Wildman–Crippen MR) is 117 cm³/mol. The highest BCUT2D eigenvalue weighted by molar-refractivity contribution is 7.92. The third-order valence-electron chi connectivity index (χ3n) is 4.63. The van der Waals surface area contributed by atoms with E-state index in [1.807, 2.05) is 43.5 Å². The van der Waals surface area contributed by atoms with E-state index in [9.17, 15) is 13.2 Å². The maximum atomic E-state index is 13.1. The van der Waals surface area contributed by atoms with E-state index in [0.717, 1.165) is 22.3 Å². The number of benzene rings is 1. The number of aromatic nitrogens is 2. The highest BCUT2D eigenvalue weighted by atomic mass is 32.2. The van der Waals surface area contributed by atoms with Crippen molar-refractivity contribution in [3.05, 3.63) is 52.7 Å². The molecule has 0 saturated heterocycles. The predicted octanol–water partition coefficient (Wildman–Crippen LogP) is 3.23. The van der Waals surface area contributed by atoms with Gasteiger partial charge in [0.1, 0.15) is 6.04 Å². The van der Waals surface area contributed by atoms with Crippen molar-refractivity contribution in [3.63, 3.8) is 0 Å². The largest absolute Gasteiger partial charge is 0.337 e. The number of thiophene rings is 1. The number of amides is 1. The number of carbonyl (C=O) groups is 1. The van der Waals surface area contributed by atoms with Gasteiger partial charge in [0.25, 0.3) is 0 Å². The van der Waals surface area contributed by atoms with E-state index in [-0.39, 0.29) is 18.3 Å². The van der Waals surface area contributed by atoms with Gasteiger partial charge in [0.15, 0.2) is 0 Å². The zero-order valence-electron chi connectivity index (χ0n) is 17.5. The summed E-state index contributed by atoms with van der Waals surface area (Å²) in [5, 5.41) is 5.85. The maximum absolute atomic E-state index is 13.1. The van der Waals surface area contributed by atoms with Crippen LogP contribution in [-0.2, 0) is 21.4 Å². The van der Waals surface area contributed by atoms with Gasteiger partial charge >= 0.3 is 0 Å². The van der Waals surface area contributed by atoms with Gasteiger partial charge in [0.2, 0.25) is 27.6 Å². The molecule has 1 amide bonds. The summed E-state index contributed by atoms with van der Waals surface area (Å²) >= 11 is 1.49. The molecule has 0 fully saturated rings. The lowest BCUT2D eigenvalue weighted by molar-refractivity contribution is -0.131. The summed E-state index contributed by atoms with van der Waals surface area (Å²) in [7, 11) is -2.12. The van der Waals surface area contributed by atoms with E-state index in [1.165, 1.54) is 20.5 Å². The molecule has 3 rings (SSSR count). The average Bonchev–Trinajstić information content (AvgIpc) is 3.34. The zero-order valence-corrected chi connectivity index (χ0v) is 19.1. The Bertz CT molecular complexity index is 1140. The van der Waals surface area contributed by atoms with Crippen LogP contribution in [0.25, 0.3) is 10.7 Å². The summed E-state index contributed by atoms with van der Waals surface area (Å²) in [5.74, 6) is 0.360. The first-order chi connectivity index (χ1) is 14.1. The van der Waals surface area contributed by atoms with Crippen LogP contribution in [0, 0.1) is 13.8 Å². The van der Waals surface area contributed by atoms with Crippen LogP contribution in [0.4, 0.5) is 5.69 Å². The molecule has 30 heavy (non-hydrogen) atoms. The molecule has 0 bridgehead atoms. The first-order valence-corrected chi connectivity index (χ1v) is 12.0. The maximum Gasteiger partial charge on any atom is 0.246 e. The topological polar surface area (TPSA) is 96.6 Å². The smallest absolute Gasteiger partial charge is 0.246 e. The van der Waals surface area contributed by atoms with Crippen LogP contribution >= 0.6 is 11.3 Å². The van der Waals surface area contributed by atoms with Crippen molar-refractivity contribution in [1.82, 2.24) is 15.0 Å². The highest BCUT2D eigenvalue weighted by Crippen LogP contribution is 2.27. The first-order valence-electron chi connectivity index (χ1n) is 9.26. The molecule has 8 nitrogen and oxygen atoms in total. The summed E-state index contributed by atoms with van der Waals surface area (Å²) in [6.45, 7) is 5.35. The number of hydrogen-bond donors (Lipinski definition) is 0. The van der Waals surface area contributed by atoms with E-state index in [4.69, 9.17) is 4.52 Å². The Labute approximate surface area is 180 Å². The van der Waals surface area contributed by atoms with Crippen molar-refractivity contribution in [3.8, 4) is 10.7 Å². The van der Waals surface area contributed by atoms with Crippen LogP contribution in [0.15, 0.2) is 40.2 Å². The molecule has 0 saturated carbocycles. The van der Waals surface area contributed by atoms with Gasteiger partial charge < -0.3 is 9.42 Å². The minimum atomic E-state index is -3.70. The highest BCUT2D eigenvalue weighted by Gasteiger charge is 2.32. The van der Waals surface area contributed by atoms with Crippen LogP contribution in [0.5, 0.6) is 0 Å². The Balaban J connectivity index is 1.82. The first kappa shape index (κ1) is 22.0. The monoisotopic (exact) mass is 448 g/mol. The molecule has 2 aromatic heterocycles. The van der Waals surface area contributed by atoms with E-state index in [1.54, 1.807) is 20.0 Å². The normalized spacial score (nSPS) is 12.6. The summed E-state index contributed by atoms with van der Waals surface area (Å²) < 4.78 is 31.6. The second-order valence-corrected chi connectivity index (χ2v) is 10.0. The van der Waals surface area contributed by atoms with Crippen molar-refractivity contribution in [2.45, 2.75) is 33.4 Å². The Morgan fingerprint density at radius 2 is 2.00 bits per heavy atom. The van der Waals surface area contributed by atoms with Crippen LogP contribution in [0.2, 0.25) is 0 Å². The van der Waals surface area contributed by atoms with Gasteiger partial charge in [-0.15, -0.1) is 11.3 Å². The second kappa shape index (κ2) is 8.57. The summed E-state index contributed by atoms with van der Waals surface area (Å²) in [6, 6.07) is 8.34. The third-order valence-corrected chi connectivity index (χ3v) is 6.72. The molecule has 0 radical (unpaired) electrons. The van der Waals surface area contributed by atoms with Gasteiger partial charge in [-0.2, -0.15) is 4.98 Å². The van der Waals surface area contributed by atoms with E-state index >= 15 is 0 Å². The standard InChI is InChI=1S/C20H24N4O4S2/c1-13-8-9-14(2)16(11-13)24(30(5,26)27)15(3)20(25)23(4)12-18-21-19(22-28-18)17-7-6-10-29-17/h6-11,15H,12H2,1-5H3/t15-/m0/s1. The Morgan fingerprint density at radius 3 is 2.63 bits per heavy atom. The molecular formula is C20H24N4O4S2. The molecule has 160 valence electrons. The van der Waals surface area contributed by atoms with E-state index in [2.05, 4.69) is 10.1 Å². The van der Waals surface area contributed by atoms with Crippen molar-refractivity contribution < 1.29 is 17.7 Å². The molecule has 1 atom stereocenters. The number of carbonyl (C=O) groups excluding carboxylic acids is 1. The number of hydrogen-bond acceptors (Lipinski definition) is 7. The van der Waals surface area contributed by atoms with Crippen LogP contribution in [0.3, 0.4) is 0 Å². The molecule has 3 aromatic rings. The van der Waals surface area contributed by atoms with Crippen molar-refractivity contribution in [2.75, 3.05) is 17.6 Å². The summed E-state index contributed by atoms with van der Waals surface area (Å²) in [4.78, 5) is 19.6. The molecule has 1 aromatic carbocycles. The van der Waals surface area contributed by atoms with Crippen LogP contribution in [-0.4, -0.2) is 48.7 Å². The number of aryl methyl sites for hydroxylation is 2. The van der Waals surface area contributed by atoms with Crippen molar-refractivity contribution >= 4 is 33.0 Å². The van der Waals surface area contributed by atoms with Gasteiger partial charge in [-0.1, -0.05) is 23.4 Å². The Kier molecular flexibility index (Phi) is 6.27. The molecule has 2 heterocycles. The molecular weight excluding hydrogens is 424 g/mol. The van der Waals surface area contributed by atoms with Gasteiger partial charge in [0.05, 0.1) is 23.4 Å². The lowest BCUT2D eigenvalue weighted by atomic mass is 10.1. The lowest BCUT2D eigenvalue weighted by Gasteiger charge is -2.31. The fourth-order valence-corrected chi connectivity index (χ4v) is 5.02. The molecule has 0 aliphatic carbocycles. The van der Waals surface area contributed by atoms with Crippen molar-refractivity contribution in [2.24, 2.45) is 0 Å². The number of nitrogens with zero attached hydrogens (tertiary/aromatic N) is 4. The molecule has 10 heteroatoms. The van der Waals surface area contributed by atoms with E-state index < -0.39 is 16.1 Å². The quantitative estimate of drug-likeness (QED) is 0.551. The van der Waals surface area contributed by atoms with Crippen LogP contribution < -0.4 is 4.31 Å². The number of likely N-dealkylation sites (N-methyl/N-ethyl adjacent to an activating group) is 1. The fourth-order valence-electron chi connectivity index (χ4n) is 3.16. The number of sulfonamides is 1. The molecule has 0 aliphatic heterocycles. The molecule has 0 spiro atoms. The SMILES string of the molecule is Cc1ccc(C)c(N([C@@H](C)C(=O)N(C)Cc2nc(-c3cccs3)no2)S(C)(=O)=O)c1. The molecule has 0 aliphatic rings. The van der Waals surface area contributed by atoms with E-state index in [0.29, 0.717) is 11.5 Å². The van der Waals surface area contributed by atoms with Crippen molar-refractivity contribution in [1.29, 1.82) is 0 Å². The molecule has 0 N–H and O–H groups in total. The lowest BCUT2D eigenvalue weighted by Crippen LogP contribution is -2.48. The number of anilines is 1. The third kappa shape index (κ3) is 4.71. The molecule has 0 unspecified atom stereocenters. The minimum absolute atomic E-state index is 0.0753. The fraction of sp³-hybridized carbons (Fsp3) is 0.350. The zero-order chi connectivity index (χ0) is 22.1. The van der Waals surface area contributed by atoms with Gasteiger partial charge in [-0.25, -0.2) is 8.42 Å². The van der Waals surface area contributed by atoms with Crippen LogP contribution in [0.1, 0.15) is 23.9 Å². The minimum Gasteiger partial charge on any atom is -0.337 e.